The number of hydrogen-bond acceptors (Lipinski definition) is 2. The molecule has 3 nitrogen and oxygen atoms in total. The summed E-state index contributed by atoms with van der Waals surface area (Å²) >= 11 is -0.269. The van der Waals surface area contributed by atoms with Crippen LogP contribution >= 0.6 is 20.7 Å². The number of rotatable bonds is 7. The Labute approximate surface area is 341 Å². The van der Waals surface area contributed by atoms with Crippen LogP contribution in [0, 0.1) is 0 Å². The monoisotopic (exact) mass is 844 g/mol. The molecule has 9 aromatic rings. The average molecular weight is 845 g/mol. The third-order valence-corrected chi connectivity index (χ3v) is 13.4. The highest BCUT2D eigenvalue weighted by atomic mass is 127. The number of halogens is 1. The summed E-state index contributed by atoms with van der Waals surface area (Å²) in [5.74, 6) is 0.293. The Hall–Kier alpha value is -6.50. The van der Waals surface area contributed by atoms with Crippen LogP contribution in [0.5, 0.6) is 0 Å². The van der Waals surface area contributed by atoms with Crippen LogP contribution in [0.15, 0.2) is 203 Å². The highest BCUT2D eigenvalue weighted by Gasteiger charge is 2.22. The molecule has 1 aliphatic heterocycles. The van der Waals surface area contributed by atoms with Crippen LogP contribution in [0.3, 0.4) is 0 Å². The van der Waals surface area contributed by atoms with E-state index in [2.05, 4.69) is 206 Å². The summed E-state index contributed by atoms with van der Waals surface area (Å²) in [5.41, 5.74) is 15.2. The first-order valence-corrected chi connectivity index (χ1v) is 22.0. The van der Waals surface area contributed by atoms with Gasteiger partial charge in [-0.05, 0) is 109 Å². The summed E-state index contributed by atoms with van der Waals surface area (Å²) in [5, 5.41) is 4.88. The van der Waals surface area contributed by atoms with Gasteiger partial charge >= 0.3 is 0 Å². The Balaban J connectivity index is 1.02. The van der Waals surface area contributed by atoms with E-state index in [-0.39, 0.29) is 20.7 Å². The predicted octanol–water partition coefficient (Wildman–Crippen LogP) is 15.0. The maximum Gasteiger partial charge on any atom is 0.136 e. The van der Waals surface area contributed by atoms with E-state index in [1.54, 1.807) is 0 Å². The molecule has 2 aliphatic rings. The number of allylic oxidation sites excluding steroid dienone is 7. The molecule has 1 unspecified atom stereocenters. The fourth-order valence-corrected chi connectivity index (χ4v) is 10.7. The van der Waals surface area contributed by atoms with Crippen molar-refractivity contribution in [2.24, 2.45) is 0 Å². The number of aromatic nitrogens is 1. The molecule has 0 saturated carbocycles. The summed E-state index contributed by atoms with van der Waals surface area (Å²) in [4.78, 5) is 2.45. The van der Waals surface area contributed by atoms with E-state index in [0.29, 0.717) is 5.92 Å². The standard InChI is InChI=1S/C53H37IN2O/c1-2-14-37(15-3-1)43-18-4-8-23-48(43)55(41-16-12-17-42(33-41)56-49-24-9-5-19-45(49)46-20-6-10-25-50(46)56)40-30-28-36(29-31-40)38-32-39(35-54-34-38)44-22-13-27-52-53(44)47-21-7-11-26-51(47)57-52/h1-14,16-35,37H,15H2. The van der Waals surface area contributed by atoms with Crippen molar-refractivity contribution < 1.29 is 4.42 Å². The zero-order chi connectivity index (χ0) is 37.7. The van der Waals surface area contributed by atoms with Gasteiger partial charge in [-0.2, -0.15) is 0 Å². The molecule has 0 N–H and O–H groups in total. The molecule has 0 spiro atoms. The molecule has 0 fully saturated rings. The van der Waals surface area contributed by atoms with Crippen molar-refractivity contribution in [3.63, 3.8) is 0 Å². The van der Waals surface area contributed by atoms with Gasteiger partial charge in [-0.15, -0.1) is 0 Å². The lowest BCUT2D eigenvalue weighted by atomic mass is 9.90. The third-order valence-electron chi connectivity index (χ3n) is 11.3. The zero-order valence-electron chi connectivity index (χ0n) is 31.1. The van der Waals surface area contributed by atoms with Crippen LogP contribution in [0.1, 0.15) is 29.0 Å². The van der Waals surface area contributed by atoms with E-state index >= 15 is 0 Å². The third kappa shape index (κ3) is 5.91. The van der Waals surface area contributed by atoms with Crippen molar-refractivity contribution in [2.75, 3.05) is 4.90 Å². The molecule has 1 aliphatic carbocycles. The van der Waals surface area contributed by atoms with E-state index in [0.717, 1.165) is 34.6 Å². The fraction of sp³-hybridized carbons (Fsp3) is 0.0377. The first-order chi connectivity index (χ1) is 28.3. The number of nitrogens with zero attached hydrogens (tertiary/aromatic N) is 2. The van der Waals surface area contributed by atoms with E-state index in [1.807, 2.05) is 6.07 Å². The smallest absolute Gasteiger partial charge is 0.136 e. The maximum atomic E-state index is 6.26. The van der Waals surface area contributed by atoms with E-state index < -0.39 is 0 Å². The normalized spacial score (nSPS) is 15.3. The Morgan fingerprint density at radius 1 is 0.596 bits per heavy atom. The number of benzene rings is 7. The molecule has 0 saturated heterocycles. The van der Waals surface area contributed by atoms with E-state index in [1.165, 1.54) is 66.1 Å². The van der Waals surface area contributed by atoms with Gasteiger partial charge in [0.1, 0.15) is 11.2 Å². The van der Waals surface area contributed by atoms with Gasteiger partial charge in [-0.1, -0.05) is 148 Å². The minimum Gasteiger partial charge on any atom is -0.456 e. The van der Waals surface area contributed by atoms with E-state index in [9.17, 15) is 0 Å². The van der Waals surface area contributed by atoms with Gasteiger partial charge in [0.05, 0.1) is 11.0 Å². The summed E-state index contributed by atoms with van der Waals surface area (Å²) in [7, 11) is 0. The van der Waals surface area contributed by atoms with Gasteiger partial charge in [0.25, 0.3) is 0 Å². The van der Waals surface area contributed by atoms with Gasteiger partial charge in [0, 0.05) is 50.2 Å². The second-order valence-electron chi connectivity index (χ2n) is 14.7. The molecular weight excluding hydrogens is 807 g/mol. The molecule has 0 radical (unpaired) electrons. The molecule has 0 amide bonds. The van der Waals surface area contributed by atoms with Crippen LogP contribution in [0.2, 0.25) is 0 Å². The molecule has 1 atom stereocenters. The Bertz CT molecular complexity index is 3120. The van der Waals surface area contributed by atoms with Gasteiger partial charge in [0.15, 0.2) is 0 Å². The molecule has 272 valence electrons. The number of hydrogen-bond donors (Lipinski definition) is 0. The Morgan fingerprint density at radius 2 is 1.32 bits per heavy atom. The molecule has 7 aromatic carbocycles. The largest absolute Gasteiger partial charge is 0.456 e. The summed E-state index contributed by atoms with van der Waals surface area (Å²) in [6.07, 6.45) is 12.3. The van der Waals surface area contributed by atoms with Crippen LogP contribution in [0.4, 0.5) is 17.1 Å². The maximum absolute atomic E-state index is 6.26. The second kappa shape index (κ2) is 14.2. The first kappa shape index (κ1) is 33.8. The number of furan rings is 1. The van der Waals surface area contributed by atoms with Gasteiger partial charge < -0.3 is 13.9 Å². The van der Waals surface area contributed by atoms with Crippen molar-refractivity contribution in [1.29, 1.82) is 0 Å². The van der Waals surface area contributed by atoms with Crippen molar-refractivity contribution in [3.8, 4) is 5.69 Å². The van der Waals surface area contributed by atoms with Crippen molar-refractivity contribution in [1.82, 2.24) is 4.57 Å². The summed E-state index contributed by atoms with van der Waals surface area (Å²) < 4.78 is 13.5. The van der Waals surface area contributed by atoms with Crippen LogP contribution in [-0.4, -0.2) is 8.58 Å². The number of anilines is 3. The number of fused-ring (bicyclic) bond motifs is 6. The van der Waals surface area contributed by atoms with Gasteiger partial charge in [-0.3, -0.25) is 0 Å². The predicted molar refractivity (Wildman–Crippen MR) is 251 cm³/mol. The minimum absolute atomic E-state index is 0.269. The van der Waals surface area contributed by atoms with E-state index in [4.69, 9.17) is 4.42 Å². The average Bonchev–Trinajstić information content (AvgIpc) is 3.84. The molecule has 57 heavy (non-hydrogen) atoms. The summed E-state index contributed by atoms with van der Waals surface area (Å²) in [6.45, 7) is 0. The Morgan fingerprint density at radius 3 is 2.12 bits per heavy atom. The quantitative estimate of drug-likeness (QED) is 0.149. The van der Waals surface area contributed by atoms with Crippen molar-refractivity contribution in [2.45, 2.75) is 12.3 Å². The van der Waals surface area contributed by atoms with Gasteiger partial charge in [-0.25, -0.2) is 0 Å². The molecular formula is C53H37IN2O. The zero-order valence-corrected chi connectivity index (χ0v) is 33.3. The van der Waals surface area contributed by atoms with Gasteiger partial charge in [0.2, 0.25) is 0 Å². The second-order valence-corrected chi connectivity index (χ2v) is 16.6. The van der Waals surface area contributed by atoms with Crippen molar-refractivity contribution >= 4 is 96.7 Å². The molecule has 3 heterocycles. The lowest BCUT2D eigenvalue weighted by molar-refractivity contribution is 0.669. The minimum atomic E-state index is -0.269. The van der Waals surface area contributed by atoms with Crippen LogP contribution < -0.4 is 4.90 Å². The lowest BCUT2D eigenvalue weighted by Gasteiger charge is -2.30. The molecule has 4 heteroatoms. The SMILES string of the molecule is C1=CCC(c2ccccc2N(c2ccc(C3=CC(c4cccc5oc6ccccc6c45)=CI=C3)cc2)c2cccc(-n3c4ccccc4c4ccccc43)c2)C=C1. The van der Waals surface area contributed by atoms with Crippen LogP contribution in [0.25, 0.3) is 60.6 Å². The van der Waals surface area contributed by atoms with Crippen molar-refractivity contribution in [3.05, 3.63) is 215 Å². The first-order valence-electron chi connectivity index (χ1n) is 19.5. The Kier molecular flexibility index (Phi) is 8.43. The number of para-hydroxylation sites is 4. The molecule has 11 rings (SSSR count). The highest BCUT2D eigenvalue weighted by Crippen LogP contribution is 2.43. The van der Waals surface area contributed by atoms with Crippen LogP contribution in [-0.2, 0) is 0 Å². The highest BCUT2D eigenvalue weighted by molar-refractivity contribution is 14.2. The molecule has 0 bridgehead atoms. The fourth-order valence-electron chi connectivity index (χ4n) is 8.71. The molecule has 2 aromatic heterocycles. The lowest BCUT2D eigenvalue weighted by Crippen LogP contribution is -2.14. The topological polar surface area (TPSA) is 21.3 Å². The summed E-state index contributed by atoms with van der Waals surface area (Å²) in [6, 6.07) is 59.4.